The van der Waals surface area contributed by atoms with Crippen LogP contribution in [0.25, 0.3) is 0 Å². The summed E-state index contributed by atoms with van der Waals surface area (Å²) in [7, 11) is 0. The van der Waals surface area contributed by atoms with Gasteiger partial charge in [0, 0.05) is 17.1 Å². The molecule has 5 heteroatoms. The van der Waals surface area contributed by atoms with E-state index in [1.807, 2.05) is 59.5 Å². The Morgan fingerprint density at radius 3 is 2.07 bits per heavy atom. The lowest BCUT2D eigenvalue weighted by Crippen LogP contribution is -2.54. The van der Waals surface area contributed by atoms with Crippen LogP contribution in [0, 0.1) is 11.6 Å². The summed E-state index contributed by atoms with van der Waals surface area (Å²) < 4.78 is 34.1. The van der Waals surface area contributed by atoms with E-state index in [-0.39, 0.29) is 11.6 Å². The molecular weight excluding hydrogens is 367 g/mol. The molecule has 4 aromatic carbocycles. The summed E-state index contributed by atoms with van der Waals surface area (Å²) in [5.74, 6) is 0.0743. The van der Waals surface area contributed by atoms with Crippen molar-refractivity contribution in [3.05, 3.63) is 109 Å². The van der Waals surface area contributed by atoms with E-state index < -0.39 is 6.92 Å². The molecule has 0 bridgehead atoms. The zero-order valence-electron chi connectivity index (χ0n) is 15.4. The molecule has 0 saturated carbocycles. The number of fused-ring (bicyclic) bond motifs is 2. The summed E-state index contributed by atoms with van der Waals surface area (Å²) in [6, 6.07) is 28.3. The van der Waals surface area contributed by atoms with E-state index in [2.05, 4.69) is 0 Å². The van der Waals surface area contributed by atoms with Crippen LogP contribution in [0.4, 0.5) is 25.8 Å². The molecule has 0 unspecified atom stereocenters. The Hall–Kier alpha value is -3.60. The lowest BCUT2D eigenvalue weighted by Gasteiger charge is -2.36. The second-order valence-corrected chi connectivity index (χ2v) is 6.88. The number of nitrogens with zero attached hydrogens (tertiary/aromatic N) is 1. The van der Waals surface area contributed by atoms with Crippen molar-refractivity contribution in [2.24, 2.45) is 0 Å². The summed E-state index contributed by atoms with van der Waals surface area (Å²) in [5.41, 5.74) is 4.15. The molecule has 1 aliphatic rings. The highest BCUT2D eigenvalue weighted by molar-refractivity contribution is 6.84. The van der Waals surface area contributed by atoms with Gasteiger partial charge in [-0.25, -0.2) is 8.78 Å². The van der Waals surface area contributed by atoms with Gasteiger partial charge in [-0.1, -0.05) is 36.4 Å². The molecule has 0 fully saturated rings. The predicted octanol–water partition coefficient (Wildman–Crippen LogP) is 4.93. The van der Waals surface area contributed by atoms with Gasteiger partial charge in [0.05, 0.1) is 5.75 Å². The average Bonchev–Trinajstić information content (AvgIpc) is 2.75. The molecule has 0 saturated heterocycles. The molecule has 140 valence electrons. The van der Waals surface area contributed by atoms with E-state index in [4.69, 9.17) is 4.65 Å². The van der Waals surface area contributed by atoms with Crippen molar-refractivity contribution < 1.29 is 13.4 Å². The van der Waals surface area contributed by atoms with Gasteiger partial charge in [0.1, 0.15) is 11.6 Å². The van der Waals surface area contributed by atoms with Crippen molar-refractivity contribution in [3.8, 4) is 5.75 Å². The molecule has 0 aliphatic carbocycles. The molecule has 4 aromatic rings. The minimum atomic E-state index is -0.462. The van der Waals surface area contributed by atoms with Gasteiger partial charge in [-0.15, -0.1) is 0 Å². The first-order valence-corrected chi connectivity index (χ1v) is 9.36. The maximum absolute atomic E-state index is 14.2. The van der Waals surface area contributed by atoms with Crippen molar-refractivity contribution in [3.63, 3.8) is 0 Å². The van der Waals surface area contributed by atoms with Gasteiger partial charge in [-0.2, -0.15) is 0 Å². The second-order valence-electron chi connectivity index (χ2n) is 6.88. The molecule has 1 heterocycles. The first-order valence-electron chi connectivity index (χ1n) is 9.36. The molecule has 0 amide bonds. The number of para-hydroxylation sites is 2. The highest BCUT2D eigenvalue weighted by Gasteiger charge is 2.37. The minimum Gasteiger partial charge on any atom is -0.551 e. The molecule has 29 heavy (non-hydrogen) atoms. The van der Waals surface area contributed by atoms with Crippen molar-refractivity contribution >= 4 is 34.9 Å². The van der Waals surface area contributed by atoms with Crippen LogP contribution in [0.2, 0.25) is 0 Å². The standard InChI is InChI=1S/C24H16BF2NO/c26-17-10-13-19(14-11-17)28-23-9-5-4-8-21(23)25(29-20-6-2-1-3-7-20)22-16-18(27)12-15-24(22)28/h1-16H. The van der Waals surface area contributed by atoms with Gasteiger partial charge in [0.15, 0.2) is 0 Å². The summed E-state index contributed by atoms with van der Waals surface area (Å²) in [5, 5.41) is 0. The van der Waals surface area contributed by atoms with Crippen LogP contribution < -0.4 is 20.5 Å². The summed E-state index contributed by atoms with van der Waals surface area (Å²) in [4.78, 5) is 2.01. The highest BCUT2D eigenvalue weighted by Crippen LogP contribution is 2.36. The van der Waals surface area contributed by atoms with Crippen LogP contribution in [-0.2, 0) is 0 Å². The fraction of sp³-hybridized carbons (Fsp3) is 0. The van der Waals surface area contributed by atoms with Gasteiger partial charge >= 0.3 is 6.92 Å². The van der Waals surface area contributed by atoms with Crippen LogP contribution in [0.1, 0.15) is 0 Å². The van der Waals surface area contributed by atoms with E-state index in [0.717, 1.165) is 28.0 Å². The predicted molar refractivity (Wildman–Crippen MR) is 113 cm³/mol. The average molecular weight is 383 g/mol. The Morgan fingerprint density at radius 2 is 1.28 bits per heavy atom. The number of rotatable bonds is 3. The van der Waals surface area contributed by atoms with Gasteiger partial charge in [-0.05, 0) is 71.6 Å². The largest absolute Gasteiger partial charge is 0.551 e. The fourth-order valence-corrected chi connectivity index (χ4v) is 3.78. The number of hydrogen-bond acceptors (Lipinski definition) is 2. The molecular formula is C24H16BF2NO. The van der Waals surface area contributed by atoms with E-state index in [9.17, 15) is 8.78 Å². The van der Waals surface area contributed by atoms with E-state index in [0.29, 0.717) is 5.75 Å². The van der Waals surface area contributed by atoms with Crippen molar-refractivity contribution in [1.29, 1.82) is 0 Å². The molecule has 2 nitrogen and oxygen atoms in total. The van der Waals surface area contributed by atoms with Crippen LogP contribution in [-0.4, -0.2) is 6.92 Å². The third kappa shape index (κ3) is 3.15. The van der Waals surface area contributed by atoms with Crippen molar-refractivity contribution in [2.75, 3.05) is 4.90 Å². The summed E-state index contributed by atoms with van der Waals surface area (Å²) in [6.45, 7) is -0.462. The van der Waals surface area contributed by atoms with Crippen LogP contribution in [0.5, 0.6) is 5.75 Å². The van der Waals surface area contributed by atoms with E-state index >= 15 is 0 Å². The zero-order valence-corrected chi connectivity index (χ0v) is 15.4. The zero-order chi connectivity index (χ0) is 19.8. The minimum absolute atomic E-state index is 0.302. The normalized spacial score (nSPS) is 12.3. The fourth-order valence-electron chi connectivity index (χ4n) is 3.78. The Morgan fingerprint density at radius 1 is 0.621 bits per heavy atom. The third-order valence-electron chi connectivity index (χ3n) is 5.06. The molecule has 0 atom stereocenters. The Labute approximate surface area is 168 Å². The van der Waals surface area contributed by atoms with Crippen molar-refractivity contribution in [2.45, 2.75) is 0 Å². The molecule has 1 aliphatic heterocycles. The molecule has 0 radical (unpaired) electrons. The van der Waals surface area contributed by atoms with Crippen LogP contribution in [0.15, 0.2) is 97.1 Å². The van der Waals surface area contributed by atoms with Gasteiger partial charge in [0.2, 0.25) is 0 Å². The van der Waals surface area contributed by atoms with E-state index in [1.165, 1.54) is 24.3 Å². The SMILES string of the molecule is Fc1ccc(N2c3ccccc3B(Oc3ccccc3)c3cc(F)ccc32)cc1. The van der Waals surface area contributed by atoms with Gasteiger partial charge in [0.25, 0.3) is 0 Å². The highest BCUT2D eigenvalue weighted by atomic mass is 19.1. The second kappa shape index (κ2) is 7.10. The topological polar surface area (TPSA) is 12.5 Å². The first kappa shape index (κ1) is 17.5. The number of benzene rings is 4. The lowest BCUT2D eigenvalue weighted by molar-refractivity contribution is 0.590. The number of hydrogen-bond donors (Lipinski definition) is 0. The quantitative estimate of drug-likeness (QED) is 0.465. The van der Waals surface area contributed by atoms with Crippen LogP contribution >= 0.6 is 0 Å². The molecule has 5 rings (SSSR count). The monoisotopic (exact) mass is 383 g/mol. The smallest absolute Gasteiger partial charge is 0.430 e. The van der Waals surface area contributed by atoms with Gasteiger partial charge in [-0.3, -0.25) is 0 Å². The molecule has 0 N–H and O–H groups in total. The third-order valence-corrected chi connectivity index (χ3v) is 5.06. The lowest BCUT2D eigenvalue weighted by atomic mass is 9.52. The van der Waals surface area contributed by atoms with E-state index in [1.54, 1.807) is 18.2 Å². The molecule has 0 aromatic heterocycles. The Kier molecular flexibility index (Phi) is 4.28. The summed E-state index contributed by atoms with van der Waals surface area (Å²) >= 11 is 0. The maximum Gasteiger partial charge on any atom is 0.430 e. The first-order chi connectivity index (χ1) is 14.2. The van der Waals surface area contributed by atoms with Crippen LogP contribution in [0.3, 0.4) is 0 Å². The Balaban J connectivity index is 1.71. The van der Waals surface area contributed by atoms with Crippen molar-refractivity contribution in [1.82, 2.24) is 0 Å². The summed E-state index contributed by atoms with van der Waals surface area (Å²) in [6.07, 6.45) is 0. The van der Waals surface area contributed by atoms with Gasteiger partial charge < -0.3 is 9.55 Å². The number of anilines is 3. The molecule has 0 spiro atoms. The Bertz CT molecular complexity index is 1170. The number of halogens is 2. The maximum atomic E-state index is 14.2.